The van der Waals surface area contributed by atoms with Crippen LogP contribution in [0.1, 0.15) is 42.8 Å². The van der Waals surface area contributed by atoms with Gasteiger partial charge in [0.05, 0.1) is 21.6 Å². The van der Waals surface area contributed by atoms with Crippen LogP contribution in [0.2, 0.25) is 0 Å². The summed E-state index contributed by atoms with van der Waals surface area (Å²) < 4.78 is 5.73. The Morgan fingerprint density at radius 1 is 1.52 bits per heavy atom. The van der Waals surface area contributed by atoms with E-state index in [1.165, 1.54) is 17.8 Å². The summed E-state index contributed by atoms with van der Waals surface area (Å²) in [7, 11) is 0. The number of thiophene rings is 1. The van der Waals surface area contributed by atoms with Crippen LogP contribution in [0, 0.1) is 5.92 Å². The van der Waals surface area contributed by atoms with Gasteiger partial charge in [0.2, 0.25) is 0 Å². The Labute approximate surface area is 134 Å². The number of Topliss-reactive ketones (excluding diaryl/α,β-unsaturated/α-hetero) is 1. The molecule has 1 aromatic rings. The molecule has 2 heterocycles. The van der Waals surface area contributed by atoms with Gasteiger partial charge < -0.3 is 15.8 Å². The Morgan fingerprint density at radius 2 is 2.29 bits per heavy atom. The summed E-state index contributed by atoms with van der Waals surface area (Å²) in [6, 6.07) is 0. The summed E-state index contributed by atoms with van der Waals surface area (Å²) in [5.74, 6) is 0.0879. The number of carbonyl (C=O) groups is 1. The van der Waals surface area contributed by atoms with Gasteiger partial charge >= 0.3 is 0 Å². The van der Waals surface area contributed by atoms with Gasteiger partial charge in [-0.1, -0.05) is 13.8 Å². The molecule has 1 aromatic heterocycles. The van der Waals surface area contributed by atoms with Crippen LogP contribution in [0.3, 0.4) is 0 Å². The van der Waals surface area contributed by atoms with Crippen LogP contribution in [0.5, 0.6) is 0 Å². The van der Waals surface area contributed by atoms with Crippen LogP contribution in [0.4, 0.5) is 10.7 Å². The van der Waals surface area contributed by atoms with E-state index in [1.54, 1.807) is 11.8 Å². The average Bonchev–Trinajstić information content (AvgIpc) is 2.81. The summed E-state index contributed by atoms with van der Waals surface area (Å²) in [4.78, 5) is 13.9. The fourth-order valence-corrected chi connectivity index (χ4v) is 4.50. The summed E-state index contributed by atoms with van der Waals surface area (Å²) in [5.41, 5.74) is 6.78. The van der Waals surface area contributed by atoms with Gasteiger partial charge in [0, 0.05) is 19.1 Å². The highest BCUT2D eigenvalue weighted by Crippen LogP contribution is 2.42. The fourth-order valence-electron chi connectivity index (χ4n) is 2.37. The second-order valence-electron chi connectivity index (χ2n) is 5.60. The zero-order valence-electron chi connectivity index (χ0n) is 12.9. The molecule has 0 aromatic carbocycles. The third kappa shape index (κ3) is 3.93. The first kappa shape index (κ1) is 16.6. The van der Waals surface area contributed by atoms with Crippen molar-refractivity contribution in [1.82, 2.24) is 0 Å². The number of rotatable bonds is 6. The van der Waals surface area contributed by atoms with Crippen molar-refractivity contribution in [3.8, 4) is 0 Å². The van der Waals surface area contributed by atoms with E-state index < -0.39 is 0 Å². The van der Waals surface area contributed by atoms with E-state index in [4.69, 9.17) is 10.5 Å². The predicted molar refractivity (Wildman–Crippen MR) is 91.8 cm³/mol. The van der Waals surface area contributed by atoms with E-state index in [1.807, 2.05) is 20.1 Å². The number of ketones is 1. The minimum Gasteiger partial charge on any atom is -0.396 e. The minimum atomic E-state index is -0.0322. The molecule has 1 saturated heterocycles. The molecule has 0 radical (unpaired) electrons. The molecule has 0 saturated carbocycles. The number of nitrogen functional groups attached to an aromatic ring is 1. The van der Waals surface area contributed by atoms with Crippen LogP contribution < -0.4 is 11.1 Å². The van der Waals surface area contributed by atoms with Crippen molar-refractivity contribution in [3.63, 3.8) is 0 Å². The van der Waals surface area contributed by atoms with Crippen molar-refractivity contribution in [2.24, 2.45) is 5.92 Å². The van der Waals surface area contributed by atoms with Gasteiger partial charge in [-0.25, -0.2) is 0 Å². The van der Waals surface area contributed by atoms with Crippen LogP contribution in [0.25, 0.3) is 0 Å². The fraction of sp³-hybridized carbons (Fsp3) is 0.667. The molecule has 0 spiro atoms. The number of hydrogen-bond acceptors (Lipinski definition) is 6. The van der Waals surface area contributed by atoms with Crippen molar-refractivity contribution in [1.29, 1.82) is 0 Å². The van der Waals surface area contributed by atoms with Crippen molar-refractivity contribution in [2.75, 3.05) is 30.5 Å². The maximum atomic E-state index is 12.2. The third-order valence-corrected chi connectivity index (χ3v) is 5.76. The normalized spacial score (nSPS) is 19.0. The van der Waals surface area contributed by atoms with Crippen LogP contribution in [-0.4, -0.2) is 31.3 Å². The van der Waals surface area contributed by atoms with Gasteiger partial charge in [-0.2, -0.15) is 0 Å². The Hall–Kier alpha value is -0.720. The molecular weight excluding hydrogens is 304 g/mol. The lowest BCUT2D eigenvalue weighted by molar-refractivity contribution is 0.0248. The molecule has 118 valence electrons. The summed E-state index contributed by atoms with van der Waals surface area (Å²) in [6.07, 6.45) is 5.74. The molecular formula is C15H24N2O2S2. The largest absolute Gasteiger partial charge is 0.396 e. The highest BCUT2D eigenvalue weighted by Gasteiger charge is 2.23. The first-order chi connectivity index (χ1) is 10.0. The molecule has 3 N–H and O–H groups in total. The molecule has 0 amide bonds. The molecule has 1 aliphatic rings. The van der Waals surface area contributed by atoms with E-state index in [0.717, 1.165) is 35.9 Å². The zero-order chi connectivity index (χ0) is 15.4. The summed E-state index contributed by atoms with van der Waals surface area (Å²) in [5, 5.41) is 4.43. The number of nitrogens with two attached hydrogens (primary N) is 1. The second kappa shape index (κ2) is 7.51. The molecule has 1 atom stereocenters. The monoisotopic (exact) mass is 328 g/mol. The van der Waals surface area contributed by atoms with Gasteiger partial charge in [0.25, 0.3) is 0 Å². The van der Waals surface area contributed by atoms with Crippen molar-refractivity contribution in [3.05, 3.63) is 4.88 Å². The summed E-state index contributed by atoms with van der Waals surface area (Å²) >= 11 is 3.06. The van der Waals surface area contributed by atoms with Crippen LogP contribution in [-0.2, 0) is 4.74 Å². The Balaban J connectivity index is 2.11. The standard InChI is InChI=1S/C15H24N2O2S2/c1-9(2)12(18)13-11(16)14(20-3)15(21-13)17-8-10-6-4-5-7-19-10/h9-10,17H,4-8,16H2,1-3H3. The number of hydrogen-bond donors (Lipinski definition) is 2. The maximum Gasteiger partial charge on any atom is 0.177 e. The van der Waals surface area contributed by atoms with E-state index in [9.17, 15) is 4.79 Å². The number of ether oxygens (including phenoxy) is 1. The van der Waals surface area contributed by atoms with E-state index in [0.29, 0.717) is 10.6 Å². The van der Waals surface area contributed by atoms with E-state index >= 15 is 0 Å². The minimum absolute atomic E-state index is 0.0322. The number of nitrogens with one attached hydrogen (secondary N) is 1. The summed E-state index contributed by atoms with van der Waals surface area (Å²) in [6.45, 7) is 5.45. The molecule has 6 heteroatoms. The second-order valence-corrected chi connectivity index (χ2v) is 7.43. The predicted octanol–water partition coefficient (Wildman–Crippen LogP) is 3.87. The molecule has 21 heavy (non-hydrogen) atoms. The molecule has 1 aliphatic heterocycles. The van der Waals surface area contributed by atoms with E-state index in [2.05, 4.69) is 5.32 Å². The van der Waals surface area contributed by atoms with Crippen LogP contribution in [0.15, 0.2) is 4.90 Å². The van der Waals surface area contributed by atoms with Gasteiger partial charge in [-0.05, 0) is 25.5 Å². The number of carbonyl (C=O) groups excluding carboxylic acids is 1. The highest BCUT2D eigenvalue weighted by atomic mass is 32.2. The number of anilines is 2. The van der Waals surface area contributed by atoms with Crippen molar-refractivity contribution in [2.45, 2.75) is 44.1 Å². The lowest BCUT2D eigenvalue weighted by atomic mass is 10.1. The van der Waals surface area contributed by atoms with Gasteiger partial charge in [-0.15, -0.1) is 23.1 Å². The highest BCUT2D eigenvalue weighted by molar-refractivity contribution is 7.99. The molecule has 1 fully saturated rings. The maximum absolute atomic E-state index is 12.2. The number of thioether (sulfide) groups is 1. The van der Waals surface area contributed by atoms with E-state index in [-0.39, 0.29) is 17.8 Å². The molecule has 0 aliphatic carbocycles. The molecule has 2 rings (SSSR count). The SMILES string of the molecule is CSc1c(NCC2CCCCO2)sc(C(=O)C(C)C)c1N. The van der Waals surface area contributed by atoms with Crippen LogP contribution >= 0.6 is 23.1 Å². The zero-order valence-corrected chi connectivity index (χ0v) is 14.5. The Bertz CT molecular complexity index is 494. The smallest absolute Gasteiger partial charge is 0.177 e. The third-order valence-electron chi connectivity index (χ3n) is 3.62. The van der Waals surface area contributed by atoms with Crippen molar-refractivity contribution < 1.29 is 9.53 Å². The lowest BCUT2D eigenvalue weighted by Crippen LogP contribution is -2.26. The topological polar surface area (TPSA) is 64.3 Å². The van der Waals surface area contributed by atoms with Crippen molar-refractivity contribution >= 4 is 39.6 Å². The average molecular weight is 329 g/mol. The van der Waals surface area contributed by atoms with Gasteiger partial charge in [0.15, 0.2) is 5.78 Å². The van der Waals surface area contributed by atoms with Gasteiger partial charge in [0.1, 0.15) is 5.00 Å². The lowest BCUT2D eigenvalue weighted by Gasteiger charge is -2.23. The quantitative estimate of drug-likeness (QED) is 0.613. The Kier molecular flexibility index (Phi) is 5.96. The molecule has 0 bridgehead atoms. The molecule has 4 nitrogen and oxygen atoms in total. The van der Waals surface area contributed by atoms with Gasteiger partial charge in [-0.3, -0.25) is 4.79 Å². The molecule has 1 unspecified atom stereocenters. The Morgan fingerprint density at radius 3 is 2.86 bits per heavy atom. The first-order valence-corrected chi connectivity index (χ1v) is 9.44. The first-order valence-electron chi connectivity index (χ1n) is 7.40.